The summed E-state index contributed by atoms with van der Waals surface area (Å²) >= 11 is 2.21. The molecule has 0 bridgehead atoms. The minimum Gasteiger partial charge on any atom is -0.326 e. The summed E-state index contributed by atoms with van der Waals surface area (Å²) < 4.78 is 1.09. The monoisotopic (exact) mass is 449 g/mol. The second-order valence-corrected chi connectivity index (χ2v) is 6.69. The van der Waals surface area contributed by atoms with Gasteiger partial charge in [0.05, 0.1) is 6.21 Å². The Morgan fingerprint density at radius 3 is 2.48 bits per heavy atom. The molecule has 0 atom stereocenters. The Hall–Kier alpha value is -2.22. The molecule has 0 aliphatic carbocycles. The maximum absolute atomic E-state index is 11.9. The Kier molecular flexibility index (Phi) is 7.59. The van der Waals surface area contributed by atoms with E-state index in [2.05, 4.69) is 45.4 Å². The van der Waals surface area contributed by atoms with Crippen molar-refractivity contribution in [3.8, 4) is 0 Å². The van der Waals surface area contributed by atoms with Crippen LogP contribution in [-0.2, 0) is 16.0 Å². The van der Waals surface area contributed by atoms with Crippen molar-refractivity contribution in [1.29, 1.82) is 0 Å². The number of nitrogens with one attached hydrogen (secondary N) is 2. The van der Waals surface area contributed by atoms with E-state index in [9.17, 15) is 9.59 Å². The molecule has 0 fully saturated rings. The van der Waals surface area contributed by atoms with Gasteiger partial charge in [0.2, 0.25) is 11.8 Å². The van der Waals surface area contributed by atoms with Gasteiger partial charge in [0, 0.05) is 22.1 Å². The van der Waals surface area contributed by atoms with Crippen LogP contribution in [0.5, 0.6) is 0 Å². The van der Waals surface area contributed by atoms with Gasteiger partial charge in [-0.25, -0.2) is 5.43 Å². The van der Waals surface area contributed by atoms with Crippen LogP contribution in [0.2, 0.25) is 0 Å². The van der Waals surface area contributed by atoms with Crippen molar-refractivity contribution in [2.45, 2.75) is 26.2 Å². The molecule has 0 saturated heterocycles. The van der Waals surface area contributed by atoms with Crippen molar-refractivity contribution >= 4 is 46.3 Å². The molecule has 2 N–H and O–H groups in total. The van der Waals surface area contributed by atoms with Crippen LogP contribution in [-0.4, -0.2) is 18.0 Å². The predicted molar refractivity (Wildman–Crippen MR) is 109 cm³/mol. The Labute approximate surface area is 161 Å². The molecule has 2 aromatic rings. The largest absolute Gasteiger partial charge is 0.326 e. The van der Waals surface area contributed by atoms with Gasteiger partial charge in [-0.1, -0.05) is 31.2 Å². The maximum Gasteiger partial charge on any atom is 0.240 e. The molecule has 2 amide bonds. The van der Waals surface area contributed by atoms with Crippen molar-refractivity contribution in [2.75, 3.05) is 5.32 Å². The number of nitrogens with zero attached hydrogens (tertiary/aromatic N) is 1. The van der Waals surface area contributed by atoms with E-state index in [4.69, 9.17) is 0 Å². The summed E-state index contributed by atoms with van der Waals surface area (Å²) in [6, 6.07) is 15.4. The van der Waals surface area contributed by atoms with E-state index < -0.39 is 0 Å². The number of aryl methyl sites for hydroxylation is 1. The zero-order valence-electron chi connectivity index (χ0n) is 14.0. The summed E-state index contributed by atoms with van der Waals surface area (Å²) in [6.45, 7) is 2.08. The first-order valence-corrected chi connectivity index (χ1v) is 9.11. The molecule has 2 rings (SSSR count). The van der Waals surface area contributed by atoms with Gasteiger partial charge >= 0.3 is 0 Å². The van der Waals surface area contributed by atoms with Gasteiger partial charge in [0.15, 0.2) is 0 Å². The minimum atomic E-state index is -0.293. The highest BCUT2D eigenvalue weighted by atomic mass is 127. The SMILES string of the molecule is CCc1ccc(NC(=O)CCC(=O)N/N=C/c2cccc(I)c2)cc1. The van der Waals surface area contributed by atoms with Gasteiger partial charge in [0.25, 0.3) is 0 Å². The van der Waals surface area contributed by atoms with E-state index in [0.717, 1.165) is 21.2 Å². The lowest BCUT2D eigenvalue weighted by Gasteiger charge is -2.05. The summed E-state index contributed by atoms with van der Waals surface area (Å²) in [5.74, 6) is -0.487. The molecule has 130 valence electrons. The predicted octanol–water partition coefficient (Wildman–Crippen LogP) is 3.72. The first-order chi connectivity index (χ1) is 12.1. The first-order valence-electron chi connectivity index (χ1n) is 8.03. The highest BCUT2D eigenvalue weighted by Crippen LogP contribution is 2.10. The Morgan fingerprint density at radius 2 is 1.80 bits per heavy atom. The molecule has 0 saturated carbocycles. The molecule has 6 heteroatoms. The number of carbonyl (C=O) groups is 2. The quantitative estimate of drug-likeness (QED) is 0.384. The second-order valence-electron chi connectivity index (χ2n) is 5.45. The fraction of sp³-hybridized carbons (Fsp3) is 0.211. The summed E-state index contributed by atoms with van der Waals surface area (Å²) in [5.41, 5.74) is 5.28. The van der Waals surface area contributed by atoms with Crippen LogP contribution >= 0.6 is 22.6 Å². The van der Waals surface area contributed by atoms with Crippen molar-refractivity contribution in [2.24, 2.45) is 5.10 Å². The molecular formula is C19H20IN3O2. The molecule has 2 aromatic carbocycles. The lowest BCUT2D eigenvalue weighted by molar-refractivity contribution is -0.124. The van der Waals surface area contributed by atoms with Gasteiger partial charge in [-0.3, -0.25) is 9.59 Å². The van der Waals surface area contributed by atoms with Crippen molar-refractivity contribution < 1.29 is 9.59 Å². The Balaban J connectivity index is 1.72. The number of hydrazone groups is 1. The summed E-state index contributed by atoms with van der Waals surface area (Å²) in [7, 11) is 0. The molecule has 0 radical (unpaired) electrons. The van der Waals surface area contributed by atoms with Crippen molar-refractivity contribution in [1.82, 2.24) is 5.43 Å². The standard InChI is InChI=1S/C19H20IN3O2/c1-2-14-6-8-17(9-7-14)22-18(24)10-11-19(25)23-21-13-15-4-3-5-16(20)12-15/h3-9,12-13H,2,10-11H2,1H3,(H,22,24)(H,23,25)/b21-13+. The lowest BCUT2D eigenvalue weighted by atomic mass is 10.1. The third-order valence-electron chi connectivity index (χ3n) is 3.48. The summed E-state index contributed by atoms with van der Waals surface area (Å²) in [5, 5.41) is 6.68. The van der Waals surface area contributed by atoms with Crippen LogP contribution < -0.4 is 10.7 Å². The average molecular weight is 449 g/mol. The Morgan fingerprint density at radius 1 is 1.08 bits per heavy atom. The number of halogens is 1. The van der Waals surface area contributed by atoms with Crippen LogP contribution in [0, 0.1) is 3.57 Å². The molecule has 0 heterocycles. The van der Waals surface area contributed by atoms with Crippen LogP contribution in [0.25, 0.3) is 0 Å². The van der Waals surface area contributed by atoms with E-state index in [0.29, 0.717) is 0 Å². The van der Waals surface area contributed by atoms with Crippen molar-refractivity contribution in [3.05, 3.63) is 63.2 Å². The first kappa shape index (κ1) is 19.1. The Bertz CT molecular complexity index is 758. The van der Waals surface area contributed by atoms with Crippen LogP contribution in [0.1, 0.15) is 30.9 Å². The number of hydrogen-bond donors (Lipinski definition) is 2. The zero-order valence-corrected chi connectivity index (χ0v) is 16.1. The highest BCUT2D eigenvalue weighted by molar-refractivity contribution is 14.1. The van der Waals surface area contributed by atoms with Crippen LogP contribution in [0.15, 0.2) is 53.6 Å². The van der Waals surface area contributed by atoms with E-state index in [1.54, 1.807) is 6.21 Å². The molecule has 0 aliphatic rings. The van der Waals surface area contributed by atoms with E-state index in [-0.39, 0.29) is 24.7 Å². The van der Waals surface area contributed by atoms with Crippen molar-refractivity contribution in [3.63, 3.8) is 0 Å². The van der Waals surface area contributed by atoms with Gasteiger partial charge < -0.3 is 5.32 Å². The van der Waals surface area contributed by atoms with Gasteiger partial charge in [-0.15, -0.1) is 0 Å². The van der Waals surface area contributed by atoms with Crippen LogP contribution in [0.4, 0.5) is 5.69 Å². The fourth-order valence-electron chi connectivity index (χ4n) is 2.10. The van der Waals surface area contributed by atoms with Gasteiger partial charge in [-0.2, -0.15) is 5.10 Å². The van der Waals surface area contributed by atoms with E-state index >= 15 is 0 Å². The normalized spacial score (nSPS) is 10.6. The summed E-state index contributed by atoms with van der Waals surface area (Å²) in [4.78, 5) is 23.6. The van der Waals surface area contributed by atoms with Gasteiger partial charge in [-0.05, 0) is 64.4 Å². The number of carbonyl (C=O) groups excluding carboxylic acids is 2. The minimum absolute atomic E-state index is 0.0859. The topological polar surface area (TPSA) is 70.6 Å². The second kappa shape index (κ2) is 9.93. The number of rotatable bonds is 7. The van der Waals surface area contributed by atoms with E-state index in [1.807, 2.05) is 48.5 Å². The molecular weight excluding hydrogens is 429 g/mol. The number of hydrogen-bond acceptors (Lipinski definition) is 3. The van der Waals surface area contributed by atoms with E-state index in [1.165, 1.54) is 5.56 Å². The molecule has 0 spiro atoms. The molecule has 0 unspecified atom stereocenters. The number of benzene rings is 2. The fourth-order valence-corrected chi connectivity index (χ4v) is 2.66. The van der Waals surface area contributed by atoms with Crippen LogP contribution in [0.3, 0.4) is 0 Å². The summed E-state index contributed by atoms with van der Waals surface area (Å²) in [6.07, 6.45) is 2.73. The molecule has 0 aliphatic heterocycles. The maximum atomic E-state index is 11.9. The third kappa shape index (κ3) is 7.04. The molecule has 5 nitrogen and oxygen atoms in total. The number of amides is 2. The lowest BCUT2D eigenvalue weighted by Crippen LogP contribution is -2.20. The molecule has 25 heavy (non-hydrogen) atoms. The average Bonchev–Trinajstić information content (AvgIpc) is 2.61. The highest BCUT2D eigenvalue weighted by Gasteiger charge is 2.06. The smallest absolute Gasteiger partial charge is 0.240 e. The zero-order chi connectivity index (χ0) is 18.1. The number of anilines is 1. The third-order valence-corrected chi connectivity index (χ3v) is 4.15. The van der Waals surface area contributed by atoms with Gasteiger partial charge in [0.1, 0.15) is 0 Å². The molecule has 0 aromatic heterocycles.